The van der Waals surface area contributed by atoms with Gasteiger partial charge in [-0.2, -0.15) is 0 Å². The molecule has 0 bridgehead atoms. The third-order valence-electron chi connectivity index (χ3n) is 2.97. The molecule has 1 saturated heterocycles. The third kappa shape index (κ3) is 3.12. The van der Waals surface area contributed by atoms with E-state index in [0.717, 1.165) is 6.42 Å². The average molecular weight is 264 g/mol. The molecular formula is C14H16O5. The number of hydrogen-bond acceptors (Lipinski definition) is 5. The largest absolute Gasteiger partial charge is 0.497 e. The predicted molar refractivity (Wildman–Crippen MR) is 67.6 cm³/mol. The van der Waals surface area contributed by atoms with Crippen LogP contribution in [0, 0.1) is 0 Å². The van der Waals surface area contributed by atoms with E-state index in [1.165, 1.54) is 20.1 Å². The Balaban J connectivity index is 2.21. The Morgan fingerprint density at radius 2 is 2.16 bits per heavy atom. The van der Waals surface area contributed by atoms with Gasteiger partial charge in [0.2, 0.25) is 0 Å². The molecule has 19 heavy (non-hydrogen) atoms. The molecule has 0 spiro atoms. The molecule has 0 aliphatic carbocycles. The minimum absolute atomic E-state index is 0.169. The van der Waals surface area contributed by atoms with Gasteiger partial charge in [-0.05, 0) is 31.9 Å². The lowest BCUT2D eigenvalue weighted by atomic mass is 10.1. The Kier molecular flexibility index (Phi) is 4.16. The van der Waals surface area contributed by atoms with Crippen molar-refractivity contribution < 1.29 is 23.8 Å². The number of hydrogen-bond donors (Lipinski definition) is 0. The monoisotopic (exact) mass is 264 g/mol. The van der Waals surface area contributed by atoms with Gasteiger partial charge in [-0.15, -0.1) is 0 Å². The van der Waals surface area contributed by atoms with Crippen LogP contribution in [0.1, 0.15) is 30.1 Å². The first kappa shape index (κ1) is 13.5. The van der Waals surface area contributed by atoms with Crippen molar-refractivity contribution in [3.8, 4) is 11.5 Å². The maximum Gasteiger partial charge on any atom is 0.340 e. The van der Waals surface area contributed by atoms with Crippen molar-refractivity contribution in [2.75, 3.05) is 13.7 Å². The summed E-state index contributed by atoms with van der Waals surface area (Å²) in [6.07, 6.45) is 0.960. The van der Waals surface area contributed by atoms with Crippen molar-refractivity contribution in [2.24, 2.45) is 0 Å². The first-order valence-electron chi connectivity index (χ1n) is 6.14. The summed E-state index contributed by atoms with van der Waals surface area (Å²) in [6.45, 7) is 1.99. The molecule has 1 atom stereocenters. The highest BCUT2D eigenvalue weighted by Crippen LogP contribution is 2.26. The highest BCUT2D eigenvalue weighted by Gasteiger charge is 2.26. The van der Waals surface area contributed by atoms with Crippen LogP contribution in [0.3, 0.4) is 0 Å². The first-order valence-corrected chi connectivity index (χ1v) is 6.14. The maximum atomic E-state index is 11.9. The zero-order valence-electron chi connectivity index (χ0n) is 11.0. The highest BCUT2D eigenvalue weighted by atomic mass is 16.6. The van der Waals surface area contributed by atoms with E-state index in [-0.39, 0.29) is 11.5 Å². The van der Waals surface area contributed by atoms with Crippen LogP contribution in [0.5, 0.6) is 11.5 Å². The lowest BCUT2D eigenvalue weighted by Crippen LogP contribution is -2.25. The fraction of sp³-hybridized carbons (Fsp3) is 0.429. The zero-order chi connectivity index (χ0) is 13.8. The number of ether oxygens (including phenoxy) is 3. The molecule has 5 heteroatoms. The van der Waals surface area contributed by atoms with Crippen LogP contribution >= 0.6 is 0 Å². The van der Waals surface area contributed by atoms with Gasteiger partial charge in [-0.3, -0.25) is 4.79 Å². The van der Waals surface area contributed by atoms with Gasteiger partial charge in [0.05, 0.1) is 12.7 Å². The average Bonchev–Trinajstić information content (AvgIpc) is 2.92. The van der Waals surface area contributed by atoms with Gasteiger partial charge < -0.3 is 14.2 Å². The van der Waals surface area contributed by atoms with E-state index in [1.54, 1.807) is 12.1 Å². The fourth-order valence-corrected chi connectivity index (χ4v) is 1.94. The van der Waals surface area contributed by atoms with E-state index in [2.05, 4.69) is 0 Å². The van der Waals surface area contributed by atoms with Gasteiger partial charge in [-0.25, -0.2) is 4.79 Å². The van der Waals surface area contributed by atoms with Crippen molar-refractivity contribution in [3.05, 3.63) is 23.8 Å². The number of carbonyl (C=O) groups is 2. The molecule has 0 amide bonds. The Morgan fingerprint density at radius 3 is 2.74 bits per heavy atom. The van der Waals surface area contributed by atoms with E-state index in [0.29, 0.717) is 24.3 Å². The number of methoxy groups -OCH3 is 1. The van der Waals surface area contributed by atoms with Crippen LogP contribution in [0.4, 0.5) is 0 Å². The van der Waals surface area contributed by atoms with Crippen LogP contribution in [-0.2, 0) is 9.53 Å². The summed E-state index contributed by atoms with van der Waals surface area (Å²) >= 11 is 0. The number of carbonyl (C=O) groups excluding carboxylic acids is 2. The van der Waals surface area contributed by atoms with Crippen LogP contribution < -0.4 is 9.47 Å². The summed E-state index contributed by atoms with van der Waals surface area (Å²) in [7, 11) is 1.51. The van der Waals surface area contributed by atoms with E-state index in [1.807, 2.05) is 0 Å². The van der Waals surface area contributed by atoms with Crippen LogP contribution in [-0.4, -0.2) is 31.6 Å². The Labute approximate surface area is 111 Å². The van der Waals surface area contributed by atoms with E-state index >= 15 is 0 Å². The second kappa shape index (κ2) is 5.84. The first-order chi connectivity index (χ1) is 9.11. The van der Waals surface area contributed by atoms with E-state index in [9.17, 15) is 9.59 Å². The van der Waals surface area contributed by atoms with Crippen LogP contribution in [0.2, 0.25) is 0 Å². The number of benzene rings is 1. The molecular weight excluding hydrogens is 248 g/mol. The molecule has 1 aliphatic rings. The number of rotatable bonds is 4. The molecule has 1 aromatic carbocycles. The Morgan fingerprint density at radius 1 is 1.37 bits per heavy atom. The number of ketones is 1. The fourth-order valence-electron chi connectivity index (χ4n) is 1.94. The van der Waals surface area contributed by atoms with Gasteiger partial charge in [0.1, 0.15) is 11.5 Å². The normalized spacial score (nSPS) is 18.1. The second-order valence-electron chi connectivity index (χ2n) is 4.34. The minimum atomic E-state index is -0.536. The molecule has 1 fully saturated rings. The molecule has 5 nitrogen and oxygen atoms in total. The highest BCUT2D eigenvalue weighted by molar-refractivity contribution is 5.98. The zero-order valence-corrected chi connectivity index (χ0v) is 11.0. The van der Waals surface area contributed by atoms with E-state index < -0.39 is 12.1 Å². The van der Waals surface area contributed by atoms with Crippen molar-refractivity contribution in [1.29, 1.82) is 0 Å². The van der Waals surface area contributed by atoms with Gasteiger partial charge >= 0.3 is 5.97 Å². The summed E-state index contributed by atoms with van der Waals surface area (Å²) in [6, 6.07) is 4.77. The molecule has 1 aromatic rings. The lowest BCUT2D eigenvalue weighted by molar-refractivity contribution is -0.144. The van der Waals surface area contributed by atoms with Gasteiger partial charge in [0.15, 0.2) is 11.9 Å². The third-order valence-corrected chi connectivity index (χ3v) is 2.97. The standard InChI is InChI=1S/C14H16O5/c1-9(15)11-6-5-10(17-2)8-13(11)19-14(16)12-4-3-7-18-12/h5-6,8,12H,3-4,7H2,1-2H3/t12-/m0/s1. The van der Waals surface area contributed by atoms with Crippen molar-refractivity contribution in [1.82, 2.24) is 0 Å². The maximum absolute atomic E-state index is 11.9. The second-order valence-corrected chi connectivity index (χ2v) is 4.34. The summed E-state index contributed by atoms with van der Waals surface area (Å²) in [5, 5.41) is 0. The van der Waals surface area contributed by atoms with E-state index in [4.69, 9.17) is 14.2 Å². The smallest absolute Gasteiger partial charge is 0.340 e. The molecule has 0 unspecified atom stereocenters. The summed E-state index contributed by atoms with van der Waals surface area (Å²) in [5.74, 6) is 0.110. The lowest BCUT2D eigenvalue weighted by Gasteiger charge is -2.12. The Bertz CT molecular complexity index is 489. The van der Waals surface area contributed by atoms with Crippen LogP contribution in [0.25, 0.3) is 0 Å². The SMILES string of the molecule is COc1ccc(C(C)=O)c(OC(=O)[C@@H]2CCCO2)c1. The van der Waals surface area contributed by atoms with Crippen molar-refractivity contribution in [2.45, 2.75) is 25.9 Å². The van der Waals surface area contributed by atoms with Crippen molar-refractivity contribution in [3.63, 3.8) is 0 Å². The molecule has 0 saturated carbocycles. The molecule has 0 radical (unpaired) electrons. The number of Topliss-reactive ketones (excluding diaryl/α,β-unsaturated/α-hetero) is 1. The van der Waals surface area contributed by atoms with Gasteiger partial charge in [0.25, 0.3) is 0 Å². The summed E-state index contributed by atoms with van der Waals surface area (Å²) in [4.78, 5) is 23.4. The summed E-state index contributed by atoms with van der Waals surface area (Å²) < 4.78 is 15.6. The molecule has 2 rings (SSSR count). The quantitative estimate of drug-likeness (QED) is 0.473. The predicted octanol–water partition coefficient (Wildman–Crippen LogP) is 1.98. The van der Waals surface area contributed by atoms with Crippen molar-refractivity contribution >= 4 is 11.8 Å². The molecule has 1 heterocycles. The van der Waals surface area contributed by atoms with Gasteiger partial charge in [0, 0.05) is 12.7 Å². The topological polar surface area (TPSA) is 61.8 Å². The molecule has 0 N–H and O–H groups in total. The number of esters is 1. The molecule has 102 valence electrons. The molecule has 0 aromatic heterocycles. The Hall–Kier alpha value is -1.88. The molecule has 1 aliphatic heterocycles. The summed E-state index contributed by atoms with van der Waals surface area (Å²) in [5.41, 5.74) is 0.354. The minimum Gasteiger partial charge on any atom is -0.497 e. The van der Waals surface area contributed by atoms with Gasteiger partial charge in [-0.1, -0.05) is 0 Å². The van der Waals surface area contributed by atoms with Crippen LogP contribution in [0.15, 0.2) is 18.2 Å².